The third-order valence-electron chi connectivity index (χ3n) is 3.81. The van der Waals surface area contributed by atoms with Gasteiger partial charge in [0.2, 0.25) is 0 Å². The van der Waals surface area contributed by atoms with E-state index >= 15 is 0 Å². The smallest absolute Gasteiger partial charge is 0.259 e. The summed E-state index contributed by atoms with van der Waals surface area (Å²) in [6.45, 7) is 2.69. The van der Waals surface area contributed by atoms with Crippen molar-refractivity contribution in [1.82, 2.24) is 9.97 Å². The lowest BCUT2D eigenvalue weighted by Gasteiger charge is -2.14. The molecule has 0 atom stereocenters. The van der Waals surface area contributed by atoms with Crippen LogP contribution in [0.15, 0.2) is 47.3 Å². The number of para-hydroxylation sites is 2. The van der Waals surface area contributed by atoms with E-state index < -0.39 is 0 Å². The molecule has 0 aliphatic heterocycles. The number of unbranched alkanes of at least 4 members (excludes halogenated alkanes) is 1. The minimum absolute atomic E-state index is 0.169. The van der Waals surface area contributed by atoms with Gasteiger partial charge >= 0.3 is 0 Å². The average Bonchev–Trinajstić information content (AvgIpc) is 2.62. The zero-order chi connectivity index (χ0) is 16.9. The first-order valence-corrected chi connectivity index (χ1v) is 8.03. The van der Waals surface area contributed by atoms with E-state index in [1.165, 1.54) is 0 Å². The standard InChI is InChI=1S/C19H20N2O3/c1-3-4-12-24-17-14(9-7-11-16(17)23-2)18-20-15-10-6-5-8-13(15)19(22)21-18/h5-11H,3-4,12H2,1-2H3,(H,20,21,22). The van der Waals surface area contributed by atoms with Crippen LogP contribution in [0.2, 0.25) is 0 Å². The van der Waals surface area contributed by atoms with Gasteiger partial charge in [0.05, 0.1) is 30.2 Å². The van der Waals surface area contributed by atoms with E-state index in [-0.39, 0.29) is 5.56 Å². The van der Waals surface area contributed by atoms with E-state index in [1.807, 2.05) is 36.4 Å². The van der Waals surface area contributed by atoms with Gasteiger partial charge in [-0.05, 0) is 30.7 Å². The van der Waals surface area contributed by atoms with Crippen molar-refractivity contribution in [2.45, 2.75) is 19.8 Å². The molecule has 3 aromatic rings. The van der Waals surface area contributed by atoms with Crippen molar-refractivity contribution in [2.24, 2.45) is 0 Å². The highest BCUT2D eigenvalue weighted by Crippen LogP contribution is 2.36. The second-order valence-electron chi connectivity index (χ2n) is 5.47. The Bertz CT molecular complexity index is 902. The summed E-state index contributed by atoms with van der Waals surface area (Å²) in [7, 11) is 1.60. The van der Waals surface area contributed by atoms with Crippen LogP contribution in [0.4, 0.5) is 0 Å². The highest BCUT2D eigenvalue weighted by molar-refractivity contribution is 5.80. The summed E-state index contributed by atoms with van der Waals surface area (Å²) in [5, 5.41) is 0.567. The molecule has 0 saturated heterocycles. The summed E-state index contributed by atoms with van der Waals surface area (Å²) in [6, 6.07) is 12.8. The minimum Gasteiger partial charge on any atom is -0.493 e. The molecule has 124 valence electrons. The van der Waals surface area contributed by atoms with Gasteiger partial charge in [0.15, 0.2) is 11.5 Å². The molecule has 0 aliphatic carbocycles. The van der Waals surface area contributed by atoms with Gasteiger partial charge in [-0.3, -0.25) is 4.79 Å². The molecule has 0 aliphatic rings. The number of aromatic amines is 1. The fourth-order valence-corrected chi connectivity index (χ4v) is 2.54. The molecule has 0 radical (unpaired) electrons. The number of nitrogens with zero attached hydrogens (tertiary/aromatic N) is 1. The molecule has 3 rings (SSSR count). The van der Waals surface area contributed by atoms with E-state index in [0.29, 0.717) is 40.4 Å². The normalized spacial score (nSPS) is 10.8. The number of hydrogen-bond acceptors (Lipinski definition) is 4. The van der Waals surface area contributed by atoms with Crippen molar-refractivity contribution >= 4 is 10.9 Å². The largest absolute Gasteiger partial charge is 0.493 e. The van der Waals surface area contributed by atoms with Crippen LogP contribution in [0.1, 0.15) is 19.8 Å². The molecule has 0 fully saturated rings. The predicted octanol–water partition coefficient (Wildman–Crippen LogP) is 3.78. The Hall–Kier alpha value is -2.82. The maximum absolute atomic E-state index is 12.3. The van der Waals surface area contributed by atoms with Gasteiger partial charge in [-0.1, -0.05) is 31.5 Å². The number of rotatable bonds is 6. The molecule has 1 N–H and O–H groups in total. The van der Waals surface area contributed by atoms with E-state index in [9.17, 15) is 4.79 Å². The molecule has 1 heterocycles. The fourth-order valence-electron chi connectivity index (χ4n) is 2.54. The number of nitrogens with one attached hydrogen (secondary N) is 1. The zero-order valence-electron chi connectivity index (χ0n) is 13.8. The van der Waals surface area contributed by atoms with Crippen molar-refractivity contribution in [2.75, 3.05) is 13.7 Å². The molecule has 5 heteroatoms. The predicted molar refractivity (Wildman–Crippen MR) is 94.8 cm³/mol. The van der Waals surface area contributed by atoms with Crippen LogP contribution < -0.4 is 15.0 Å². The molecule has 2 aromatic carbocycles. The van der Waals surface area contributed by atoms with Crippen LogP contribution in [-0.2, 0) is 0 Å². The van der Waals surface area contributed by atoms with Gasteiger partial charge in [0, 0.05) is 0 Å². The van der Waals surface area contributed by atoms with E-state index in [0.717, 1.165) is 12.8 Å². The summed E-state index contributed by atoms with van der Waals surface area (Å²) in [4.78, 5) is 19.8. The van der Waals surface area contributed by atoms with E-state index in [1.54, 1.807) is 13.2 Å². The Morgan fingerprint density at radius 2 is 1.96 bits per heavy atom. The number of H-pyrrole nitrogens is 1. The Morgan fingerprint density at radius 3 is 2.75 bits per heavy atom. The van der Waals surface area contributed by atoms with E-state index in [2.05, 4.69) is 16.9 Å². The van der Waals surface area contributed by atoms with Crippen molar-refractivity contribution in [3.05, 3.63) is 52.8 Å². The molecule has 24 heavy (non-hydrogen) atoms. The molecular formula is C19H20N2O3. The molecular weight excluding hydrogens is 304 g/mol. The Morgan fingerprint density at radius 1 is 1.12 bits per heavy atom. The van der Waals surface area contributed by atoms with Crippen molar-refractivity contribution < 1.29 is 9.47 Å². The van der Waals surface area contributed by atoms with Crippen molar-refractivity contribution in [3.8, 4) is 22.9 Å². The first-order valence-electron chi connectivity index (χ1n) is 8.03. The molecule has 0 spiro atoms. The SMILES string of the molecule is CCCCOc1c(OC)cccc1-c1nc2ccccc2c(=O)[nH]1. The third-order valence-corrected chi connectivity index (χ3v) is 3.81. The van der Waals surface area contributed by atoms with Gasteiger partial charge in [-0.25, -0.2) is 4.98 Å². The van der Waals surface area contributed by atoms with Crippen LogP contribution in [0, 0.1) is 0 Å². The lowest BCUT2D eigenvalue weighted by atomic mass is 10.1. The zero-order valence-corrected chi connectivity index (χ0v) is 13.8. The summed E-state index contributed by atoms with van der Waals surface area (Å²) in [6.07, 6.45) is 1.98. The minimum atomic E-state index is -0.169. The van der Waals surface area contributed by atoms with Gasteiger partial charge in [0.1, 0.15) is 5.82 Å². The van der Waals surface area contributed by atoms with Gasteiger partial charge < -0.3 is 14.5 Å². The monoisotopic (exact) mass is 324 g/mol. The maximum atomic E-state index is 12.3. The maximum Gasteiger partial charge on any atom is 0.259 e. The second kappa shape index (κ2) is 7.17. The number of aromatic nitrogens is 2. The number of hydrogen-bond donors (Lipinski definition) is 1. The third kappa shape index (κ3) is 3.11. The average molecular weight is 324 g/mol. The van der Waals surface area contributed by atoms with E-state index in [4.69, 9.17) is 9.47 Å². The summed E-state index contributed by atoms with van der Waals surface area (Å²) < 4.78 is 11.3. The van der Waals surface area contributed by atoms with Crippen LogP contribution in [-0.4, -0.2) is 23.7 Å². The molecule has 0 amide bonds. The van der Waals surface area contributed by atoms with Crippen molar-refractivity contribution in [3.63, 3.8) is 0 Å². The molecule has 0 saturated carbocycles. The second-order valence-corrected chi connectivity index (χ2v) is 5.47. The first-order chi connectivity index (χ1) is 11.7. The van der Waals surface area contributed by atoms with Crippen LogP contribution in [0.3, 0.4) is 0 Å². The van der Waals surface area contributed by atoms with Gasteiger partial charge in [-0.15, -0.1) is 0 Å². The lowest BCUT2D eigenvalue weighted by molar-refractivity contribution is 0.289. The Balaban J connectivity index is 2.13. The van der Waals surface area contributed by atoms with Crippen LogP contribution >= 0.6 is 0 Å². The lowest BCUT2D eigenvalue weighted by Crippen LogP contribution is -2.10. The van der Waals surface area contributed by atoms with Crippen LogP contribution in [0.5, 0.6) is 11.5 Å². The molecule has 5 nitrogen and oxygen atoms in total. The quantitative estimate of drug-likeness (QED) is 0.701. The van der Waals surface area contributed by atoms with Crippen molar-refractivity contribution in [1.29, 1.82) is 0 Å². The summed E-state index contributed by atoms with van der Waals surface area (Å²) in [5.74, 6) is 1.70. The summed E-state index contributed by atoms with van der Waals surface area (Å²) >= 11 is 0. The van der Waals surface area contributed by atoms with Gasteiger partial charge in [-0.2, -0.15) is 0 Å². The van der Waals surface area contributed by atoms with Crippen LogP contribution in [0.25, 0.3) is 22.3 Å². The van der Waals surface area contributed by atoms with Gasteiger partial charge in [0.25, 0.3) is 5.56 Å². The highest BCUT2D eigenvalue weighted by atomic mass is 16.5. The topological polar surface area (TPSA) is 64.2 Å². The number of fused-ring (bicyclic) bond motifs is 1. The highest BCUT2D eigenvalue weighted by Gasteiger charge is 2.15. The Labute approximate surface area is 140 Å². The first kappa shape index (κ1) is 16.1. The summed E-state index contributed by atoms with van der Waals surface area (Å²) in [5.41, 5.74) is 1.20. The number of methoxy groups -OCH3 is 1. The molecule has 1 aromatic heterocycles. The molecule has 0 bridgehead atoms. The molecule has 0 unspecified atom stereocenters. The fraction of sp³-hybridized carbons (Fsp3) is 0.263. The number of benzene rings is 2. The Kier molecular flexibility index (Phi) is 4.79. The number of ether oxygens (including phenoxy) is 2.